The number of nitrogens with zero attached hydrogens (tertiary/aromatic N) is 2. The summed E-state index contributed by atoms with van der Waals surface area (Å²) < 4.78 is 45.0. The first kappa shape index (κ1) is 17.1. The lowest BCUT2D eigenvalue weighted by molar-refractivity contribution is -0.138. The molecule has 0 fully saturated rings. The molecule has 0 saturated heterocycles. The van der Waals surface area contributed by atoms with Gasteiger partial charge in [-0.1, -0.05) is 24.3 Å². The molecule has 1 unspecified atom stereocenters. The number of fused-ring (bicyclic) bond motifs is 1. The van der Waals surface area contributed by atoms with E-state index in [4.69, 9.17) is 15.9 Å². The second-order valence-electron chi connectivity index (χ2n) is 5.98. The van der Waals surface area contributed by atoms with Gasteiger partial charge in [0.25, 0.3) is 0 Å². The van der Waals surface area contributed by atoms with Crippen molar-refractivity contribution in [3.63, 3.8) is 0 Å². The SMILES string of the molecule is Cc1ccccc1C1C/C(=N\N=C(N)N)c2c(C(F)(F)F)coc2C1. The molecule has 4 N–H and O–H groups in total. The van der Waals surface area contributed by atoms with Crippen molar-refractivity contribution in [1.29, 1.82) is 0 Å². The summed E-state index contributed by atoms with van der Waals surface area (Å²) in [6.45, 7) is 1.96. The van der Waals surface area contributed by atoms with Gasteiger partial charge in [-0.15, -0.1) is 5.10 Å². The molecule has 1 heterocycles. The fourth-order valence-electron chi connectivity index (χ4n) is 3.18. The third-order valence-electron chi connectivity index (χ3n) is 4.25. The van der Waals surface area contributed by atoms with Crippen LogP contribution in [0.25, 0.3) is 0 Å². The van der Waals surface area contributed by atoms with Gasteiger partial charge < -0.3 is 15.9 Å². The molecule has 0 spiro atoms. The Balaban J connectivity index is 2.10. The van der Waals surface area contributed by atoms with Crippen LogP contribution in [0.1, 0.15) is 40.4 Å². The van der Waals surface area contributed by atoms with E-state index in [1.807, 2.05) is 31.2 Å². The summed E-state index contributed by atoms with van der Waals surface area (Å²) in [6.07, 6.45) is -3.16. The molecular formula is C17H17F3N4O. The van der Waals surface area contributed by atoms with Crippen LogP contribution >= 0.6 is 0 Å². The Kier molecular flexibility index (Phi) is 4.28. The molecule has 5 nitrogen and oxygen atoms in total. The number of hydrogen-bond donors (Lipinski definition) is 2. The van der Waals surface area contributed by atoms with Crippen LogP contribution in [0, 0.1) is 6.92 Å². The van der Waals surface area contributed by atoms with E-state index in [1.54, 1.807) is 0 Å². The van der Waals surface area contributed by atoms with Crippen molar-refractivity contribution in [2.24, 2.45) is 21.7 Å². The number of alkyl halides is 3. The van der Waals surface area contributed by atoms with Gasteiger partial charge in [0, 0.05) is 6.42 Å². The number of furan rings is 1. The number of benzene rings is 1. The standard InChI is InChI=1S/C17H17F3N4O/c1-9-4-2-3-5-11(9)10-6-13(23-24-16(21)22)15-12(17(18,19)20)8-25-14(15)7-10/h2-5,8,10H,6-7H2,1H3,(H4,21,22,24)/b23-13+. The third-order valence-corrected chi connectivity index (χ3v) is 4.25. The minimum absolute atomic E-state index is 0.0534. The van der Waals surface area contributed by atoms with Gasteiger partial charge in [-0.25, -0.2) is 0 Å². The topological polar surface area (TPSA) is 89.9 Å². The number of aryl methyl sites for hydroxylation is 1. The minimum Gasteiger partial charge on any atom is -0.468 e. The Morgan fingerprint density at radius 1 is 1.20 bits per heavy atom. The first-order valence-corrected chi connectivity index (χ1v) is 7.66. The van der Waals surface area contributed by atoms with Gasteiger partial charge in [0.15, 0.2) is 0 Å². The van der Waals surface area contributed by atoms with Crippen molar-refractivity contribution in [3.05, 3.63) is 58.5 Å². The largest absolute Gasteiger partial charge is 0.468 e. The highest BCUT2D eigenvalue weighted by atomic mass is 19.4. The van der Waals surface area contributed by atoms with Crippen LogP contribution in [0.4, 0.5) is 13.2 Å². The molecular weight excluding hydrogens is 333 g/mol. The predicted molar refractivity (Wildman–Crippen MR) is 88.3 cm³/mol. The Morgan fingerprint density at radius 3 is 2.56 bits per heavy atom. The zero-order valence-corrected chi connectivity index (χ0v) is 13.5. The molecule has 0 amide bonds. The molecule has 1 aromatic heterocycles. The maximum atomic E-state index is 13.3. The fourth-order valence-corrected chi connectivity index (χ4v) is 3.18. The van der Waals surface area contributed by atoms with E-state index < -0.39 is 11.7 Å². The van der Waals surface area contributed by atoms with Crippen LogP contribution in [-0.4, -0.2) is 11.7 Å². The second-order valence-corrected chi connectivity index (χ2v) is 5.98. The molecule has 0 bridgehead atoms. The summed E-state index contributed by atoms with van der Waals surface area (Å²) in [5.74, 6) is -0.130. The molecule has 1 aromatic carbocycles. The van der Waals surface area contributed by atoms with E-state index >= 15 is 0 Å². The van der Waals surface area contributed by atoms with E-state index in [0.717, 1.165) is 17.4 Å². The van der Waals surface area contributed by atoms with Crippen molar-refractivity contribution in [2.75, 3.05) is 0 Å². The van der Waals surface area contributed by atoms with Crippen LogP contribution in [0.2, 0.25) is 0 Å². The molecule has 0 saturated carbocycles. The Hall–Kier alpha value is -2.77. The zero-order valence-electron chi connectivity index (χ0n) is 13.5. The van der Waals surface area contributed by atoms with Crippen LogP contribution in [0.5, 0.6) is 0 Å². The van der Waals surface area contributed by atoms with Gasteiger partial charge in [-0.3, -0.25) is 0 Å². The van der Waals surface area contributed by atoms with Gasteiger partial charge in [0.1, 0.15) is 17.6 Å². The van der Waals surface area contributed by atoms with Gasteiger partial charge in [0.2, 0.25) is 5.96 Å². The monoisotopic (exact) mass is 350 g/mol. The molecule has 2 aromatic rings. The van der Waals surface area contributed by atoms with Crippen LogP contribution in [-0.2, 0) is 12.6 Å². The molecule has 0 radical (unpaired) electrons. The first-order valence-electron chi connectivity index (χ1n) is 7.66. The smallest absolute Gasteiger partial charge is 0.420 e. The summed E-state index contributed by atoms with van der Waals surface area (Å²) in [7, 11) is 0. The minimum atomic E-state index is -4.54. The fraction of sp³-hybridized carbons (Fsp3) is 0.294. The van der Waals surface area contributed by atoms with Crippen molar-refractivity contribution in [3.8, 4) is 0 Å². The lowest BCUT2D eigenvalue weighted by Crippen LogP contribution is -2.24. The van der Waals surface area contributed by atoms with Crippen LogP contribution in [0.15, 0.2) is 45.1 Å². The highest BCUT2D eigenvalue weighted by Gasteiger charge is 2.41. The number of hydrogen-bond acceptors (Lipinski definition) is 3. The Labute approximate surface area is 142 Å². The summed E-state index contributed by atoms with van der Waals surface area (Å²) in [5, 5.41) is 7.42. The van der Waals surface area contributed by atoms with Gasteiger partial charge in [-0.05, 0) is 30.4 Å². The van der Waals surface area contributed by atoms with E-state index in [1.165, 1.54) is 0 Å². The normalized spacial score (nSPS) is 18.9. The Bertz CT molecular complexity index is 848. The average molecular weight is 350 g/mol. The van der Waals surface area contributed by atoms with Crippen molar-refractivity contribution in [1.82, 2.24) is 0 Å². The van der Waals surface area contributed by atoms with Crippen molar-refractivity contribution < 1.29 is 17.6 Å². The third kappa shape index (κ3) is 3.38. The molecule has 1 atom stereocenters. The lowest BCUT2D eigenvalue weighted by atomic mass is 9.80. The number of rotatable bonds is 2. The first-order chi connectivity index (χ1) is 11.8. The Morgan fingerprint density at radius 2 is 1.92 bits per heavy atom. The van der Waals surface area contributed by atoms with E-state index in [2.05, 4.69) is 10.2 Å². The molecule has 1 aliphatic carbocycles. The summed E-state index contributed by atoms with van der Waals surface area (Å²) in [5.41, 5.74) is 11.9. The van der Waals surface area contributed by atoms with Gasteiger partial charge >= 0.3 is 6.18 Å². The van der Waals surface area contributed by atoms with E-state index in [-0.39, 0.29) is 35.3 Å². The van der Waals surface area contributed by atoms with Gasteiger partial charge in [0.05, 0.1) is 11.3 Å². The highest BCUT2D eigenvalue weighted by Crippen LogP contribution is 2.42. The summed E-state index contributed by atoms with van der Waals surface area (Å²) in [6, 6.07) is 7.72. The molecule has 0 aliphatic heterocycles. The molecule has 1 aliphatic rings. The highest BCUT2D eigenvalue weighted by molar-refractivity contribution is 6.04. The van der Waals surface area contributed by atoms with E-state index in [9.17, 15) is 13.2 Å². The molecule has 3 rings (SSSR count). The lowest BCUT2D eigenvalue weighted by Gasteiger charge is -2.25. The quantitative estimate of drug-likeness (QED) is 0.495. The number of halogens is 3. The molecule has 8 heteroatoms. The number of guanidine groups is 1. The van der Waals surface area contributed by atoms with Crippen LogP contribution < -0.4 is 11.5 Å². The molecule has 132 valence electrons. The molecule has 25 heavy (non-hydrogen) atoms. The second kappa shape index (κ2) is 6.27. The average Bonchev–Trinajstić information content (AvgIpc) is 2.97. The zero-order chi connectivity index (χ0) is 18.2. The predicted octanol–water partition coefficient (Wildman–Crippen LogP) is 3.31. The summed E-state index contributed by atoms with van der Waals surface area (Å²) in [4.78, 5) is 0. The van der Waals surface area contributed by atoms with Crippen molar-refractivity contribution >= 4 is 11.7 Å². The van der Waals surface area contributed by atoms with Crippen LogP contribution in [0.3, 0.4) is 0 Å². The van der Waals surface area contributed by atoms with E-state index in [0.29, 0.717) is 6.42 Å². The maximum absolute atomic E-state index is 13.3. The van der Waals surface area contributed by atoms with Gasteiger partial charge in [-0.2, -0.15) is 18.3 Å². The number of nitrogens with two attached hydrogens (primary N) is 2. The summed E-state index contributed by atoms with van der Waals surface area (Å²) >= 11 is 0. The maximum Gasteiger partial charge on any atom is 0.420 e. The van der Waals surface area contributed by atoms with Crippen molar-refractivity contribution in [2.45, 2.75) is 31.9 Å².